The molecule has 1 N–H and O–H groups in total. The van der Waals surface area contributed by atoms with Crippen molar-refractivity contribution in [3.8, 4) is 0 Å². The first-order chi connectivity index (χ1) is 3.93. The molecule has 0 aliphatic carbocycles. The van der Waals surface area contributed by atoms with E-state index in [4.69, 9.17) is 0 Å². The maximum atomic E-state index is 3.89. The minimum atomic E-state index is 1.05. The summed E-state index contributed by atoms with van der Waals surface area (Å²) in [5.41, 5.74) is 1.05. The number of nitrogens with one attached hydrogen (secondary N) is 1. The van der Waals surface area contributed by atoms with E-state index < -0.39 is 0 Å². The van der Waals surface area contributed by atoms with Crippen LogP contribution in [0.5, 0.6) is 0 Å². The molecule has 42 valence electrons. The Kier molecular flexibility index (Phi) is 1.47. The van der Waals surface area contributed by atoms with Crippen LogP contribution in [0.25, 0.3) is 0 Å². The fourth-order valence-electron chi connectivity index (χ4n) is 0.495. The molecule has 2 heteroatoms. The minimum absolute atomic E-state index is 1.05. The second-order valence-electron chi connectivity index (χ2n) is 1.48. The molecule has 1 heterocycles. The van der Waals surface area contributed by atoms with Crippen molar-refractivity contribution in [1.82, 2.24) is 5.32 Å². The molecule has 0 atom stereocenters. The van der Waals surface area contributed by atoms with Crippen LogP contribution < -0.4 is 5.32 Å². The van der Waals surface area contributed by atoms with Gasteiger partial charge in [0.25, 0.3) is 0 Å². The van der Waals surface area contributed by atoms with Gasteiger partial charge in [0.15, 0.2) is 0 Å². The van der Waals surface area contributed by atoms with Gasteiger partial charge in [-0.1, -0.05) is 6.08 Å². The van der Waals surface area contributed by atoms with Crippen LogP contribution >= 0.6 is 0 Å². The van der Waals surface area contributed by atoms with Crippen LogP contribution in [0.15, 0.2) is 29.2 Å². The maximum Gasteiger partial charge on any atom is 0.0522 e. The molecule has 8 heavy (non-hydrogen) atoms. The molecule has 0 spiro atoms. The number of aliphatic imine (C=N–C) groups is 1. The number of nitrogens with zero attached hydrogens (tertiary/aromatic N) is 1. The largest absolute Gasteiger partial charge is 0.359 e. The highest BCUT2D eigenvalue weighted by Gasteiger charge is 1.86. The lowest BCUT2D eigenvalue weighted by molar-refractivity contribution is 1.11. The Hall–Kier alpha value is -1.05. The van der Waals surface area contributed by atoms with Crippen LogP contribution in [-0.2, 0) is 0 Å². The Bertz CT molecular complexity index is 154. The summed E-state index contributed by atoms with van der Waals surface area (Å²) in [6, 6.07) is 0. The lowest BCUT2D eigenvalue weighted by atomic mass is 10.4. The fraction of sp³-hybridized carbons (Fsp3) is 0.167. The number of hydrogen-bond donors (Lipinski definition) is 1. The van der Waals surface area contributed by atoms with Gasteiger partial charge in [-0.15, -0.1) is 0 Å². The molecule has 0 aromatic rings. The Morgan fingerprint density at radius 3 is 3.00 bits per heavy atom. The van der Waals surface area contributed by atoms with Crippen molar-refractivity contribution in [3.05, 3.63) is 24.2 Å². The van der Waals surface area contributed by atoms with E-state index in [0.717, 1.165) is 5.70 Å². The van der Waals surface area contributed by atoms with Gasteiger partial charge >= 0.3 is 0 Å². The monoisotopic (exact) mass is 108 g/mol. The van der Waals surface area contributed by atoms with Crippen molar-refractivity contribution in [1.29, 1.82) is 0 Å². The third-order valence-electron chi connectivity index (χ3n) is 0.935. The van der Waals surface area contributed by atoms with Crippen LogP contribution in [0.1, 0.15) is 6.92 Å². The summed E-state index contributed by atoms with van der Waals surface area (Å²) in [5.74, 6) is 0. The Labute approximate surface area is 48.6 Å². The molecule has 0 aromatic heterocycles. The summed E-state index contributed by atoms with van der Waals surface area (Å²) in [6.45, 7) is 1.97. The smallest absolute Gasteiger partial charge is 0.0522 e. The van der Waals surface area contributed by atoms with E-state index in [-0.39, 0.29) is 0 Å². The van der Waals surface area contributed by atoms with Crippen molar-refractivity contribution in [2.75, 3.05) is 0 Å². The molecule has 0 fully saturated rings. The standard InChI is InChI=1S/C6H8N2/c1-2-6-5-7-3-4-8-6/h2-5,8H,1H3/b6-2+. The zero-order chi connectivity index (χ0) is 5.82. The predicted octanol–water partition coefficient (Wildman–Crippen LogP) is 1.04. The predicted molar refractivity (Wildman–Crippen MR) is 34.5 cm³/mol. The number of hydrogen-bond acceptors (Lipinski definition) is 2. The lowest BCUT2D eigenvalue weighted by Gasteiger charge is -2.00. The average molecular weight is 108 g/mol. The maximum absolute atomic E-state index is 3.89. The SMILES string of the molecule is C/C=C1\C=NC=CN1. The summed E-state index contributed by atoms with van der Waals surface area (Å²) < 4.78 is 0. The lowest BCUT2D eigenvalue weighted by Crippen LogP contribution is -2.07. The van der Waals surface area contributed by atoms with Crippen LogP contribution in [0, 0.1) is 0 Å². The third-order valence-corrected chi connectivity index (χ3v) is 0.935. The van der Waals surface area contributed by atoms with E-state index in [1.165, 1.54) is 0 Å². The second kappa shape index (κ2) is 2.31. The molecule has 0 amide bonds. The van der Waals surface area contributed by atoms with E-state index in [2.05, 4.69) is 10.3 Å². The zero-order valence-corrected chi connectivity index (χ0v) is 4.76. The molecule has 1 rings (SSSR count). The highest BCUT2D eigenvalue weighted by molar-refractivity contribution is 5.79. The Morgan fingerprint density at radius 2 is 2.62 bits per heavy atom. The summed E-state index contributed by atoms with van der Waals surface area (Å²) in [4.78, 5) is 3.89. The summed E-state index contributed by atoms with van der Waals surface area (Å²) in [7, 11) is 0. The van der Waals surface area contributed by atoms with Crippen molar-refractivity contribution in [2.24, 2.45) is 4.99 Å². The van der Waals surface area contributed by atoms with Crippen molar-refractivity contribution < 1.29 is 0 Å². The van der Waals surface area contributed by atoms with Gasteiger partial charge in [0.2, 0.25) is 0 Å². The average Bonchev–Trinajstić information content (AvgIpc) is 1.90. The van der Waals surface area contributed by atoms with Gasteiger partial charge in [0.1, 0.15) is 0 Å². The van der Waals surface area contributed by atoms with Crippen molar-refractivity contribution in [3.63, 3.8) is 0 Å². The van der Waals surface area contributed by atoms with Gasteiger partial charge in [-0.2, -0.15) is 0 Å². The quantitative estimate of drug-likeness (QED) is 0.492. The van der Waals surface area contributed by atoms with Crippen LogP contribution in [-0.4, -0.2) is 6.21 Å². The minimum Gasteiger partial charge on any atom is -0.359 e. The van der Waals surface area contributed by atoms with Gasteiger partial charge in [-0.3, -0.25) is 4.99 Å². The Morgan fingerprint density at radius 1 is 1.75 bits per heavy atom. The van der Waals surface area contributed by atoms with Crippen LogP contribution in [0.2, 0.25) is 0 Å². The molecule has 1 aliphatic rings. The van der Waals surface area contributed by atoms with E-state index in [1.807, 2.05) is 13.0 Å². The molecule has 0 unspecified atom stereocenters. The highest BCUT2D eigenvalue weighted by atomic mass is 14.9. The fourth-order valence-corrected chi connectivity index (χ4v) is 0.495. The summed E-state index contributed by atoms with van der Waals surface area (Å²) in [5, 5.41) is 3.00. The number of rotatable bonds is 0. The van der Waals surface area contributed by atoms with Gasteiger partial charge in [-0.25, -0.2) is 0 Å². The Balaban J connectivity index is 2.66. The van der Waals surface area contributed by atoms with Gasteiger partial charge in [0.05, 0.1) is 5.70 Å². The van der Waals surface area contributed by atoms with E-state index in [0.29, 0.717) is 0 Å². The molecule has 0 bridgehead atoms. The highest BCUT2D eigenvalue weighted by Crippen LogP contribution is 1.89. The normalized spacial score (nSPS) is 21.4. The molecular weight excluding hydrogens is 100 g/mol. The van der Waals surface area contributed by atoms with Crippen LogP contribution in [0.4, 0.5) is 0 Å². The molecular formula is C6H8N2. The molecule has 0 aromatic carbocycles. The van der Waals surface area contributed by atoms with Gasteiger partial charge in [-0.05, 0) is 6.92 Å². The van der Waals surface area contributed by atoms with Gasteiger partial charge in [0, 0.05) is 18.6 Å². The first kappa shape index (κ1) is 5.09. The van der Waals surface area contributed by atoms with Gasteiger partial charge < -0.3 is 5.32 Å². The first-order valence-electron chi connectivity index (χ1n) is 2.54. The topological polar surface area (TPSA) is 24.4 Å². The van der Waals surface area contributed by atoms with Crippen molar-refractivity contribution in [2.45, 2.75) is 6.92 Å². The van der Waals surface area contributed by atoms with Crippen molar-refractivity contribution >= 4 is 6.21 Å². The van der Waals surface area contributed by atoms with E-state index in [1.54, 1.807) is 18.6 Å². The third kappa shape index (κ3) is 0.964. The number of allylic oxidation sites excluding steroid dienone is 2. The summed E-state index contributed by atoms with van der Waals surface area (Å²) >= 11 is 0. The second-order valence-corrected chi connectivity index (χ2v) is 1.48. The molecule has 0 saturated carbocycles. The first-order valence-corrected chi connectivity index (χ1v) is 2.54. The molecule has 2 nitrogen and oxygen atoms in total. The zero-order valence-electron chi connectivity index (χ0n) is 4.76. The van der Waals surface area contributed by atoms with E-state index in [9.17, 15) is 0 Å². The molecule has 1 aliphatic heterocycles. The molecule has 0 saturated heterocycles. The summed E-state index contributed by atoms with van der Waals surface area (Å²) in [6.07, 6.45) is 7.26. The van der Waals surface area contributed by atoms with E-state index >= 15 is 0 Å². The molecule has 0 radical (unpaired) electrons. The van der Waals surface area contributed by atoms with Crippen LogP contribution in [0.3, 0.4) is 0 Å².